The highest BCUT2D eigenvalue weighted by Gasteiger charge is 2.42. The van der Waals surface area contributed by atoms with Crippen molar-refractivity contribution in [3.8, 4) is 0 Å². The molecule has 0 radical (unpaired) electrons. The SMILES string of the molecule is CC(=O)N1CCC(C(N)=O)(N(C)C)CC1. The number of carbonyl (C=O) groups excluding carboxylic acids is 2. The third-order valence-corrected chi connectivity index (χ3v) is 3.35. The highest BCUT2D eigenvalue weighted by molar-refractivity contribution is 5.85. The third kappa shape index (κ3) is 2.12. The summed E-state index contributed by atoms with van der Waals surface area (Å²) in [7, 11) is 3.71. The zero-order valence-electron chi connectivity index (χ0n) is 9.62. The van der Waals surface area contributed by atoms with Crippen molar-refractivity contribution in [3.05, 3.63) is 0 Å². The van der Waals surface area contributed by atoms with E-state index in [0.29, 0.717) is 25.9 Å². The zero-order valence-corrected chi connectivity index (χ0v) is 9.62. The minimum Gasteiger partial charge on any atom is -0.368 e. The van der Waals surface area contributed by atoms with Crippen LogP contribution < -0.4 is 5.73 Å². The van der Waals surface area contributed by atoms with Crippen molar-refractivity contribution in [2.75, 3.05) is 27.2 Å². The Bertz CT molecular complexity index is 268. The summed E-state index contributed by atoms with van der Waals surface area (Å²) in [6, 6.07) is 0. The molecule has 0 aromatic carbocycles. The van der Waals surface area contributed by atoms with E-state index < -0.39 is 5.54 Å². The Morgan fingerprint density at radius 1 is 1.27 bits per heavy atom. The first-order chi connectivity index (χ1) is 6.90. The van der Waals surface area contributed by atoms with Crippen LogP contribution in [0.25, 0.3) is 0 Å². The van der Waals surface area contributed by atoms with E-state index in [-0.39, 0.29) is 11.8 Å². The Hall–Kier alpha value is -1.10. The van der Waals surface area contributed by atoms with E-state index in [9.17, 15) is 9.59 Å². The number of carbonyl (C=O) groups is 2. The maximum absolute atomic E-state index is 11.5. The molecule has 2 N–H and O–H groups in total. The Morgan fingerprint density at radius 3 is 2.00 bits per heavy atom. The molecule has 1 aliphatic heterocycles. The molecule has 86 valence electrons. The molecule has 1 aliphatic rings. The van der Waals surface area contributed by atoms with Crippen LogP contribution in [0.4, 0.5) is 0 Å². The van der Waals surface area contributed by atoms with E-state index >= 15 is 0 Å². The Morgan fingerprint density at radius 2 is 1.73 bits per heavy atom. The highest BCUT2D eigenvalue weighted by atomic mass is 16.2. The minimum absolute atomic E-state index is 0.0619. The first-order valence-electron chi connectivity index (χ1n) is 5.13. The van der Waals surface area contributed by atoms with Gasteiger partial charge < -0.3 is 10.6 Å². The van der Waals surface area contributed by atoms with Crippen molar-refractivity contribution >= 4 is 11.8 Å². The Labute approximate surface area is 90.2 Å². The summed E-state index contributed by atoms with van der Waals surface area (Å²) in [5, 5.41) is 0. The van der Waals surface area contributed by atoms with Crippen molar-refractivity contribution in [1.29, 1.82) is 0 Å². The van der Waals surface area contributed by atoms with Crippen LogP contribution >= 0.6 is 0 Å². The molecule has 0 atom stereocenters. The van der Waals surface area contributed by atoms with Crippen molar-refractivity contribution < 1.29 is 9.59 Å². The van der Waals surface area contributed by atoms with Crippen molar-refractivity contribution in [1.82, 2.24) is 9.80 Å². The van der Waals surface area contributed by atoms with Gasteiger partial charge in [-0.05, 0) is 26.9 Å². The Balaban J connectivity index is 2.74. The molecule has 1 fully saturated rings. The van der Waals surface area contributed by atoms with Gasteiger partial charge in [-0.25, -0.2) is 0 Å². The Kier molecular flexibility index (Phi) is 3.34. The lowest BCUT2D eigenvalue weighted by Gasteiger charge is -2.43. The summed E-state index contributed by atoms with van der Waals surface area (Å²) in [6.07, 6.45) is 1.24. The summed E-state index contributed by atoms with van der Waals surface area (Å²) in [5.41, 5.74) is 4.86. The maximum Gasteiger partial charge on any atom is 0.238 e. The van der Waals surface area contributed by atoms with E-state index in [1.54, 1.807) is 11.8 Å². The lowest BCUT2D eigenvalue weighted by atomic mass is 9.85. The monoisotopic (exact) mass is 213 g/mol. The summed E-state index contributed by atoms with van der Waals surface area (Å²) in [5.74, 6) is -0.234. The van der Waals surface area contributed by atoms with Crippen LogP contribution in [0.5, 0.6) is 0 Å². The summed E-state index contributed by atoms with van der Waals surface area (Å²) >= 11 is 0. The molecule has 0 aromatic heterocycles. The molecule has 1 rings (SSSR count). The van der Waals surface area contributed by atoms with Gasteiger partial charge in [0.1, 0.15) is 5.54 Å². The second kappa shape index (κ2) is 4.18. The van der Waals surface area contributed by atoms with Gasteiger partial charge in [-0.1, -0.05) is 0 Å². The number of hydrogen-bond donors (Lipinski definition) is 1. The summed E-state index contributed by atoms with van der Waals surface area (Å²) in [6.45, 7) is 2.76. The first-order valence-corrected chi connectivity index (χ1v) is 5.13. The average molecular weight is 213 g/mol. The molecule has 15 heavy (non-hydrogen) atoms. The number of nitrogens with zero attached hydrogens (tertiary/aromatic N) is 2. The molecule has 5 nitrogen and oxygen atoms in total. The standard InChI is InChI=1S/C10H19N3O2/c1-8(14)13-6-4-10(5-7-13,9(11)15)12(2)3/h4-7H2,1-3H3,(H2,11,15). The molecule has 0 aliphatic carbocycles. The molecule has 1 heterocycles. The van der Waals surface area contributed by atoms with Gasteiger partial charge in [0.2, 0.25) is 11.8 Å². The molecule has 0 aromatic rings. The predicted molar refractivity (Wildman–Crippen MR) is 57.1 cm³/mol. The maximum atomic E-state index is 11.5. The summed E-state index contributed by atoms with van der Waals surface area (Å²) < 4.78 is 0. The molecule has 0 spiro atoms. The molecule has 0 saturated carbocycles. The van der Waals surface area contributed by atoms with Gasteiger partial charge in [0.15, 0.2) is 0 Å². The fourth-order valence-corrected chi connectivity index (χ4v) is 2.11. The van der Waals surface area contributed by atoms with E-state index in [1.165, 1.54) is 0 Å². The number of likely N-dealkylation sites (tertiary alicyclic amines) is 1. The molecule has 0 unspecified atom stereocenters. The van der Waals surface area contributed by atoms with Gasteiger partial charge in [-0.3, -0.25) is 14.5 Å². The van der Waals surface area contributed by atoms with E-state index in [2.05, 4.69) is 0 Å². The van der Waals surface area contributed by atoms with Crippen LogP contribution in [-0.2, 0) is 9.59 Å². The van der Waals surface area contributed by atoms with Gasteiger partial charge in [0, 0.05) is 20.0 Å². The number of nitrogens with two attached hydrogens (primary N) is 1. The topological polar surface area (TPSA) is 66.6 Å². The molecular formula is C10H19N3O2. The van der Waals surface area contributed by atoms with Crippen molar-refractivity contribution in [3.63, 3.8) is 0 Å². The largest absolute Gasteiger partial charge is 0.368 e. The second-order valence-corrected chi connectivity index (χ2v) is 4.30. The lowest BCUT2D eigenvalue weighted by molar-refractivity contribution is -0.138. The predicted octanol–water partition coefficient (Wildman–Crippen LogP) is -0.586. The lowest BCUT2D eigenvalue weighted by Crippen LogP contribution is -2.60. The van der Waals surface area contributed by atoms with Gasteiger partial charge in [0.25, 0.3) is 0 Å². The number of hydrogen-bond acceptors (Lipinski definition) is 3. The number of rotatable bonds is 2. The van der Waals surface area contributed by atoms with Crippen molar-refractivity contribution in [2.45, 2.75) is 25.3 Å². The molecular weight excluding hydrogens is 194 g/mol. The smallest absolute Gasteiger partial charge is 0.238 e. The van der Waals surface area contributed by atoms with Gasteiger partial charge in [-0.15, -0.1) is 0 Å². The molecule has 0 bridgehead atoms. The van der Waals surface area contributed by atoms with E-state index in [4.69, 9.17) is 5.73 Å². The quantitative estimate of drug-likeness (QED) is 0.667. The van der Waals surface area contributed by atoms with Crippen LogP contribution in [-0.4, -0.2) is 54.3 Å². The number of primary amides is 1. The first kappa shape index (κ1) is 12.0. The molecule has 5 heteroatoms. The number of piperidine rings is 1. The minimum atomic E-state index is -0.577. The van der Waals surface area contributed by atoms with E-state index in [1.807, 2.05) is 19.0 Å². The van der Waals surface area contributed by atoms with Gasteiger partial charge in [-0.2, -0.15) is 0 Å². The zero-order chi connectivity index (χ0) is 11.6. The van der Waals surface area contributed by atoms with Crippen molar-refractivity contribution in [2.24, 2.45) is 5.73 Å². The number of likely N-dealkylation sites (N-methyl/N-ethyl adjacent to an activating group) is 1. The van der Waals surface area contributed by atoms with Crippen LogP contribution in [0, 0.1) is 0 Å². The number of amides is 2. The van der Waals surface area contributed by atoms with E-state index in [0.717, 1.165) is 0 Å². The third-order valence-electron chi connectivity index (χ3n) is 3.35. The second-order valence-electron chi connectivity index (χ2n) is 4.30. The van der Waals surface area contributed by atoms with Crippen LogP contribution in [0.2, 0.25) is 0 Å². The highest BCUT2D eigenvalue weighted by Crippen LogP contribution is 2.26. The van der Waals surface area contributed by atoms with Crippen LogP contribution in [0.1, 0.15) is 19.8 Å². The van der Waals surface area contributed by atoms with Gasteiger partial charge in [0.05, 0.1) is 0 Å². The molecule has 2 amide bonds. The van der Waals surface area contributed by atoms with Crippen LogP contribution in [0.15, 0.2) is 0 Å². The van der Waals surface area contributed by atoms with Gasteiger partial charge >= 0.3 is 0 Å². The molecule has 1 saturated heterocycles. The average Bonchev–Trinajstić information content (AvgIpc) is 2.17. The van der Waals surface area contributed by atoms with Crippen LogP contribution in [0.3, 0.4) is 0 Å². The fraction of sp³-hybridized carbons (Fsp3) is 0.800. The normalized spacial score (nSPS) is 20.4. The fourth-order valence-electron chi connectivity index (χ4n) is 2.11. The summed E-state index contributed by atoms with van der Waals surface area (Å²) in [4.78, 5) is 26.2.